The number of nitrogens with one attached hydrogen (secondary N) is 2. The molecule has 3 N–H and O–H groups in total. The number of ether oxygens (including phenoxy) is 1. The van der Waals surface area contributed by atoms with Crippen molar-refractivity contribution in [3.05, 3.63) is 65.2 Å². The summed E-state index contributed by atoms with van der Waals surface area (Å²) in [5.74, 6) is -0.751. The van der Waals surface area contributed by atoms with Crippen LogP contribution >= 0.6 is 0 Å². The van der Waals surface area contributed by atoms with Crippen molar-refractivity contribution in [1.82, 2.24) is 10.6 Å². The third kappa shape index (κ3) is 6.64. The number of rotatable bonds is 10. The van der Waals surface area contributed by atoms with Crippen molar-refractivity contribution in [1.29, 1.82) is 0 Å². The molecule has 2 aromatic rings. The number of carbonyl (C=O) groups excluding carboxylic acids is 2. The predicted octanol–water partition coefficient (Wildman–Crippen LogP) is 1.94. The summed E-state index contributed by atoms with van der Waals surface area (Å²) in [4.78, 5) is 34.9. The van der Waals surface area contributed by atoms with Crippen LogP contribution in [0, 0.1) is 0 Å². The van der Waals surface area contributed by atoms with Crippen LogP contribution in [0.25, 0.3) is 0 Å². The molecule has 29 heavy (non-hydrogen) atoms. The Kier molecular flexibility index (Phi) is 6.84. The second-order valence-electron chi connectivity index (χ2n) is 7.01. The highest BCUT2D eigenvalue weighted by Gasteiger charge is 2.23. The molecule has 7 heteroatoms. The summed E-state index contributed by atoms with van der Waals surface area (Å²) in [6.07, 6.45) is 2.75. The number of hydrogen-bond acceptors (Lipinski definition) is 4. The molecule has 0 bridgehead atoms. The summed E-state index contributed by atoms with van der Waals surface area (Å²) >= 11 is 0. The first-order chi connectivity index (χ1) is 14.0. The van der Waals surface area contributed by atoms with E-state index in [4.69, 9.17) is 4.74 Å². The van der Waals surface area contributed by atoms with Crippen LogP contribution in [0.2, 0.25) is 0 Å². The van der Waals surface area contributed by atoms with Gasteiger partial charge in [-0.25, -0.2) is 4.79 Å². The maximum absolute atomic E-state index is 12.1. The monoisotopic (exact) mass is 396 g/mol. The average Bonchev–Trinajstić information content (AvgIpc) is 3.51. The number of benzene rings is 2. The second-order valence-corrected chi connectivity index (χ2v) is 7.01. The Labute approximate surface area is 169 Å². The molecule has 1 aliphatic rings. The molecule has 3 rings (SSSR count). The van der Waals surface area contributed by atoms with E-state index < -0.39 is 5.97 Å². The van der Waals surface area contributed by atoms with Gasteiger partial charge in [0.05, 0.1) is 12.0 Å². The first kappa shape index (κ1) is 20.4. The Morgan fingerprint density at radius 2 is 1.72 bits per heavy atom. The average molecular weight is 396 g/mol. The van der Waals surface area contributed by atoms with Gasteiger partial charge in [0.1, 0.15) is 5.75 Å². The van der Waals surface area contributed by atoms with E-state index in [0.29, 0.717) is 30.3 Å². The Balaban J connectivity index is 1.39. The predicted molar refractivity (Wildman–Crippen MR) is 107 cm³/mol. The molecular weight excluding hydrogens is 372 g/mol. The first-order valence-corrected chi connectivity index (χ1v) is 9.60. The fourth-order valence-corrected chi connectivity index (χ4v) is 2.86. The summed E-state index contributed by atoms with van der Waals surface area (Å²) in [5.41, 5.74) is 1.65. The molecule has 2 aromatic carbocycles. The Morgan fingerprint density at radius 3 is 2.41 bits per heavy atom. The largest absolute Gasteiger partial charge is 0.484 e. The van der Waals surface area contributed by atoms with E-state index >= 15 is 0 Å². The smallest absolute Gasteiger partial charge is 0.335 e. The van der Waals surface area contributed by atoms with Crippen LogP contribution in [-0.4, -0.2) is 42.1 Å². The van der Waals surface area contributed by atoms with Crippen LogP contribution in [0.1, 0.15) is 34.3 Å². The third-order valence-corrected chi connectivity index (χ3v) is 4.57. The van der Waals surface area contributed by atoms with Crippen LogP contribution in [0.3, 0.4) is 0 Å². The molecule has 0 aromatic heterocycles. The van der Waals surface area contributed by atoms with Gasteiger partial charge in [-0.2, -0.15) is 0 Å². The van der Waals surface area contributed by atoms with Crippen molar-refractivity contribution in [3.63, 3.8) is 0 Å². The lowest BCUT2D eigenvalue weighted by Crippen LogP contribution is -2.30. The molecule has 1 saturated carbocycles. The molecule has 0 heterocycles. The minimum absolute atomic E-state index is 0.00369. The van der Waals surface area contributed by atoms with Gasteiger partial charge in [-0.05, 0) is 48.6 Å². The van der Waals surface area contributed by atoms with Gasteiger partial charge in [-0.1, -0.05) is 30.3 Å². The molecule has 0 atom stereocenters. The normalized spacial score (nSPS) is 12.8. The zero-order valence-electron chi connectivity index (χ0n) is 16.0. The van der Waals surface area contributed by atoms with Crippen molar-refractivity contribution >= 4 is 17.8 Å². The summed E-state index contributed by atoms with van der Waals surface area (Å²) < 4.78 is 5.46. The van der Waals surface area contributed by atoms with Gasteiger partial charge in [-0.15, -0.1) is 0 Å². The van der Waals surface area contributed by atoms with Crippen LogP contribution in [0.15, 0.2) is 48.5 Å². The summed E-state index contributed by atoms with van der Waals surface area (Å²) in [5, 5.41) is 14.8. The maximum Gasteiger partial charge on any atom is 0.335 e. The minimum atomic E-state index is -1.04. The Bertz CT molecular complexity index is 875. The lowest BCUT2D eigenvalue weighted by Gasteiger charge is -2.09. The molecule has 152 valence electrons. The number of amides is 2. The fourth-order valence-electron chi connectivity index (χ4n) is 2.86. The van der Waals surface area contributed by atoms with E-state index in [-0.39, 0.29) is 30.4 Å². The van der Waals surface area contributed by atoms with Crippen molar-refractivity contribution in [2.24, 2.45) is 0 Å². The van der Waals surface area contributed by atoms with Gasteiger partial charge in [0.25, 0.3) is 5.91 Å². The number of carboxylic acid groups (broad SMARTS) is 1. The summed E-state index contributed by atoms with van der Waals surface area (Å²) in [6.45, 7) is 0.446. The lowest BCUT2D eigenvalue weighted by atomic mass is 10.0. The standard InChI is InChI=1S/C22H24N2O5/c25-20(13-16-3-1-2-4-19(16)22(27)28)23-12-11-15-5-9-18(10-6-15)29-14-21(26)24-17-7-8-17/h1-6,9-10,17H,7-8,11-14H2,(H,23,25)(H,24,26)(H,27,28). The Morgan fingerprint density at radius 1 is 1.00 bits per heavy atom. The van der Waals surface area contributed by atoms with Gasteiger partial charge in [-0.3, -0.25) is 9.59 Å². The molecule has 0 aliphatic heterocycles. The van der Waals surface area contributed by atoms with Crippen molar-refractivity contribution in [3.8, 4) is 5.75 Å². The summed E-state index contributed by atoms with van der Waals surface area (Å²) in [7, 11) is 0. The highest BCUT2D eigenvalue weighted by atomic mass is 16.5. The molecule has 7 nitrogen and oxygen atoms in total. The molecule has 1 fully saturated rings. The topological polar surface area (TPSA) is 105 Å². The molecule has 0 unspecified atom stereocenters. The molecule has 2 amide bonds. The third-order valence-electron chi connectivity index (χ3n) is 4.57. The minimum Gasteiger partial charge on any atom is -0.484 e. The lowest BCUT2D eigenvalue weighted by molar-refractivity contribution is -0.123. The molecular formula is C22H24N2O5. The van der Waals surface area contributed by atoms with Crippen LogP contribution in [0.4, 0.5) is 0 Å². The van der Waals surface area contributed by atoms with E-state index in [1.165, 1.54) is 6.07 Å². The van der Waals surface area contributed by atoms with E-state index in [1.807, 2.05) is 12.1 Å². The fraction of sp³-hybridized carbons (Fsp3) is 0.318. The van der Waals surface area contributed by atoms with E-state index in [1.54, 1.807) is 30.3 Å². The molecule has 0 radical (unpaired) electrons. The van der Waals surface area contributed by atoms with E-state index in [0.717, 1.165) is 18.4 Å². The van der Waals surface area contributed by atoms with E-state index in [9.17, 15) is 19.5 Å². The number of hydrogen-bond donors (Lipinski definition) is 3. The molecule has 0 saturated heterocycles. The quantitative estimate of drug-likeness (QED) is 0.569. The van der Waals surface area contributed by atoms with Gasteiger partial charge < -0.3 is 20.5 Å². The van der Waals surface area contributed by atoms with Gasteiger partial charge in [0, 0.05) is 12.6 Å². The van der Waals surface area contributed by atoms with Crippen molar-refractivity contribution in [2.75, 3.05) is 13.2 Å². The second kappa shape index (κ2) is 9.73. The maximum atomic E-state index is 12.1. The number of aromatic carboxylic acids is 1. The van der Waals surface area contributed by atoms with Gasteiger partial charge in [0.2, 0.25) is 5.91 Å². The zero-order valence-corrected chi connectivity index (χ0v) is 16.0. The zero-order chi connectivity index (χ0) is 20.6. The van der Waals surface area contributed by atoms with E-state index in [2.05, 4.69) is 10.6 Å². The van der Waals surface area contributed by atoms with Crippen LogP contribution in [0.5, 0.6) is 5.75 Å². The van der Waals surface area contributed by atoms with Crippen molar-refractivity contribution in [2.45, 2.75) is 31.7 Å². The highest BCUT2D eigenvalue weighted by Crippen LogP contribution is 2.18. The van der Waals surface area contributed by atoms with Crippen LogP contribution < -0.4 is 15.4 Å². The molecule has 0 spiro atoms. The van der Waals surface area contributed by atoms with Gasteiger partial charge >= 0.3 is 5.97 Å². The first-order valence-electron chi connectivity index (χ1n) is 9.60. The highest BCUT2D eigenvalue weighted by molar-refractivity contribution is 5.91. The SMILES string of the molecule is O=C(Cc1ccccc1C(=O)O)NCCc1ccc(OCC(=O)NC2CC2)cc1. The number of carboxylic acids is 1. The van der Waals surface area contributed by atoms with Gasteiger partial charge in [0.15, 0.2) is 6.61 Å². The molecule has 1 aliphatic carbocycles. The van der Waals surface area contributed by atoms with Crippen molar-refractivity contribution < 1.29 is 24.2 Å². The number of carbonyl (C=O) groups is 3. The van der Waals surface area contributed by atoms with Crippen LogP contribution in [-0.2, 0) is 22.4 Å². The summed E-state index contributed by atoms with van der Waals surface area (Å²) in [6, 6.07) is 14.2. The Hall–Kier alpha value is -3.35.